The van der Waals surface area contributed by atoms with Crippen molar-refractivity contribution in [2.24, 2.45) is 5.73 Å². The fraction of sp³-hybridized carbons (Fsp3) is 0.385. The second-order valence-corrected chi connectivity index (χ2v) is 4.16. The van der Waals surface area contributed by atoms with Gasteiger partial charge in [-0.25, -0.2) is 0 Å². The molecule has 0 amide bonds. The van der Waals surface area contributed by atoms with Crippen molar-refractivity contribution in [2.75, 3.05) is 6.54 Å². The average Bonchev–Trinajstić information content (AvgIpc) is 2.68. The third-order valence-corrected chi connectivity index (χ3v) is 3.13. The largest absolute Gasteiger partial charge is 0.507 e. The van der Waals surface area contributed by atoms with Crippen LogP contribution in [-0.4, -0.2) is 16.2 Å². The van der Waals surface area contributed by atoms with E-state index in [4.69, 9.17) is 5.73 Å². The van der Waals surface area contributed by atoms with Gasteiger partial charge in [0.1, 0.15) is 5.75 Å². The van der Waals surface area contributed by atoms with Gasteiger partial charge in [0, 0.05) is 30.1 Å². The Bertz CT molecular complexity index is 502. The van der Waals surface area contributed by atoms with Crippen LogP contribution >= 0.6 is 0 Å². The van der Waals surface area contributed by atoms with Crippen molar-refractivity contribution in [3.63, 3.8) is 0 Å². The minimum absolute atomic E-state index is 0.312. The summed E-state index contributed by atoms with van der Waals surface area (Å²) in [5.74, 6) is 0.655. The monoisotopic (exact) mass is 218 g/mol. The van der Waals surface area contributed by atoms with Crippen molar-refractivity contribution >= 4 is 10.9 Å². The lowest BCUT2D eigenvalue weighted by Gasteiger charge is -2.12. The van der Waals surface area contributed by atoms with Crippen LogP contribution in [0.5, 0.6) is 5.75 Å². The number of aromatic hydroxyl groups is 1. The number of hydrogen-bond donors (Lipinski definition) is 2. The Morgan fingerprint density at radius 2 is 2.19 bits per heavy atom. The number of phenolic OH excluding ortho intramolecular Hbond substituents is 1. The van der Waals surface area contributed by atoms with Crippen LogP contribution in [0, 0.1) is 0 Å². The first-order valence-electron chi connectivity index (χ1n) is 5.70. The van der Waals surface area contributed by atoms with E-state index in [1.807, 2.05) is 18.2 Å². The lowest BCUT2D eigenvalue weighted by molar-refractivity contribution is 0.481. The molecule has 0 aliphatic rings. The van der Waals surface area contributed by atoms with Crippen LogP contribution in [0.15, 0.2) is 24.3 Å². The zero-order chi connectivity index (χ0) is 11.7. The fourth-order valence-corrected chi connectivity index (χ4v) is 2.17. The van der Waals surface area contributed by atoms with Crippen molar-refractivity contribution in [1.82, 2.24) is 4.57 Å². The maximum Gasteiger partial charge on any atom is 0.124 e. The molecule has 0 bridgehead atoms. The maximum absolute atomic E-state index is 9.81. The highest BCUT2D eigenvalue weighted by Gasteiger charge is 2.14. The first-order chi connectivity index (χ1) is 7.69. The summed E-state index contributed by atoms with van der Waals surface area (Å²) in [6, 6.07) is 7.68. The Morgan fingerprint density at radius 1 is 1.44 bits per heavy atom. The molecule has 0 aliphatic heterocycles. The summed E-state index contributed by atoms with van der Waals surface area (Å²) in [6.45, 7) is 5.73. The molecule has 3 heteroatoms. The molecule has 2 aromatic rings. The third kappa shape index (κ3) is 1.57. The molecular formula is C13H18N2O. The van der Waals surface area contributed by atoms with Crippen LogP contribution in [0.2, 0.25) is 0 Å². The van der Waals surface area contributed by atoms with Gasteiger partial charge in [0.15, 0.2) is 0 Å². The van der Waals surface area contributed by atoms with E-state index in [2.05, 4.69) is 18.4 Å². The Hall–Kier alpha value is -1.48. The summed E-state index contributed by atoms with van der Waals surface area (Å²) < 4.78 is 2.21. The van der Waals surface area contributed by atoms with E-state index < -0.39 is 0 Å². The van der Waals surface area contributed by atoms with Crippen LogP contribution in [0.1, 0.15) is 25.5 Å². The summed E-state index contributed by atoms with van der Waals surface area (Å²) in [6.07, 6.45) is 0. The Morgan fingerprint density at radius 3 is 2.81 bits per heavy atom. The zero-order valence-electron chi connectivity index (χ0n) is 9.77. The van der Waals surface area contributed by atoms with Crippen molar-refractivity contribution in [1.29, 1.82) is 0 Å². The second kappa shape index (κ2) is 4.18. The molecular weight excluding hydrogens is 200 g/mol. The van der Waals surface area contributed by atoms with Crippen LogP contribution in [0.3, 0.4) is 0 Å². The number of hydrogen-bond acceptors (Lipinski definition) is 2. The van der Waals surface area contributed by atoms with Crippen LogP contribution in [0.4, 0.5) is 0 Å². The lowest BCUT2D eigenvalue weighted by atomic mass is 10.1. The molecule has 1 aromatic carbocycles. The Kier molecular flexibility index (Phi) is 2.88. The molecule has 0 saturated heterocycles. The average molecular weight is 218 g/mol. The number of rotatable bonds is 3. The van der Waals surface area contributed by atoms with Crippen molar-refractivity contribution in [3.05, 3.63) is 30.0 Å². The highest BCUT2D eigenvalue weighted by Crippen LogP contribution is 2.30. The minimum atomic E-state index is 0.312. The molecule has 0 radical (unpaired) electrons. The molecule has 86 valence electrons. The quantitative estimate of drug-likeness (QED) is 0.831. The standard InChI is InChI=1S/C13H18N2O/c1-3-15-11-5-4-6-13(16)10(11)7-12(15)9(2)8-14/h4-7,9,16H,3,8,14H2,1-2H3. The van der Waals surface area contributed by atoms with Crippen LogP contribution in [-0.2, 0) is 6.54 Å². The summed E-state index contributed by atoms with van der Waals surface area (Å²) in [5.41, 5.74) is 7.99. The molecule has 16 heavy (non-hydrogen) atoms. The topological polar surface area (TPSA) is 51.2 Å². The van der Waals surface area contributed by atoms with Gasteiger partial charge in [-0.05, 0) is 25.1 Å². The molecule has 0 fully saturated rings. The first kappa shape index (κ1) is 11.0. The molecule has 1 atom stereocenters. The first-order valence-corrected chi connectivity index (χ1v) is 5.70. The highest BCUT2D eigenvalue weighted by atomic mass is 16.3. The van der Waals surface area contributed by atoms with E-state index in [1.54, 1.807) is 6.07 Å². The number of aromatic nitrogens is 1. The SMILES string of the molecule is CCn1c(C(C)CN)cc2c(O)cccc21. The molecule has 0 spiro atoms. The molecule has 3 N–H and O–H groups in total. The summed E-state index contributed by atoms with van der Waals surface area (Å²) in [5, 5.41) is 10.7. The zero-order valence-corrected chi connectivity index (χ0v) is 9.77. The minimum Gasteiger partial charge on any atom is -0.507 e. The number of phenols is 1. The predicted octanol–water partition coefficient (Wildman–Crippen LogP) is 2.43. The Labute approximate surface area is 95.5 Å². The number of fused-ring (bicyclic) bond motifs is 1. The molecule has 1 heterocycles. The van der Waals surface area contributed by atoms with Crippen LogP contribution in [0.25, 0.3) is 10.9 Å². The molecule has 1 unspecified atom stereocenters. The van der Waals surface area contributed by atoms with Gasteiger partial charge in [-0.3, -0.25) is 0 Å². The van der Waals surface area contributed by atoms with Crippen molar-refractivity contribution in [2.45, 2.75) is 26.3 Å². The van der Waals surface area contributed by atoms with E-state index in [9.17, 15) is 5.11 Å². The van der Waals surface area contributed by atoms with Gasteiger partial charge in [-0.1, -0.05) is 13.0 Å². The molecule has 0 saturated carbocycles. The van der Waals surface area contributed by atoms with Gasteiger partial charge in [0.25, 0.3) is 0 Å². The summed E-state index contributed by atoms with van der Waals surface area (Å²) in [4.78, 5) is 0. The predicted molar refractivity (Wildman–Crippen MR) is 66.7 cm³/mol. The van der Waals surface area contributed by atoms with Gasteiger partial charge in [-0.2, -0.15) is 0 Å². The summed E-state index contributed by atoms with van der Waals surface area (Å²) in [7, 11) is 0. The molecule has 1 aromatic heterocycles. The normalized spacial score (nSPS) is 13.2. The number of aryl methyl sites for hydroxylation is 1. The highest BCUT2D eigenvalue weighted by molar-refractivity contribution is 5.87. The summed E-state index contributed by atoms with van der Waals surface area (Å²) >= 11 is 0. The lowest BCUT2D eigenvalue weighted by Crippen LogP contribution is -2.13. The van der Waals surface area contributed by atoms with E-state index in [0.717, 1.165) is 17.4 Å². The van der Waals surface area contributed by atoms with E-state index >= 15 is 0 Å². The van der Waals surface area contributed by atoms with Crippen molar-refractivity contribution < 1.29 is 5.11 Å². The van der Waals surface area contributed by atoms with E-state index in [1.165, 1.54) is 5.69 Å². The fourth-order valence-electron chi connectivity index (χ4n) is 2.17. The van der Waals surface area contributed by atoms with Crippen molar-refractivity contribution in [3.8, 4) is 5.75 Å². The maximum atomic E-state index is 9.81. The number of nitrogens with two attached hydrogens (primary N) is 1. The third-order valence-electron chi connectivity index (χ3n) is 3.13. The molecule has 3 nitrogen and oxygen atoms in total. The molecule has 2 rings (SSSR count). The second-order valence-electron chi connectivity index (χ2n) is 4.16. The van der Waals surface area contributed by atoms with Gasteiger partial charge in [0.2, 0.25) is 0 Å². The van der Waals surface area contributed by atoms with Crippen LogP contribution < -0.4 is 5.73 Å². The number of nitrogens with zero attached hydrogens (tertiary/aromatic N) is 1. The molecule has 0 aliphatic carbocycles. The smallest absolute Gasteiger partial charge is 0.124 e. The number of benzene rings is 1. The van der Waals surface area contributed by atoms with Gasteiger partial charge in [0.05, 0.1) is 5.52 Å². The van der Waals surface area contributed by atoms with Gasteiger partial charge < -0.3 is 15.4 Å². The van der Waals surface area contributed by atoms with Gasteiger partial charge in [-0.15, -0.1) is 0 Å². The van der Waals surface area contributed by atoms with Gasteiger partial charge >= 0.3 is 0 Å². The van der Waals surface area contributed by atoms with E-state index in [0.29, 0.717) is 18.2 Å². The Balaban J connectivity index is 2.71. The van der Waals surface area contributed by atoms with E-state index in [-0.39, 0.29) is 0 Å².